The monoisotopic (exact) mass is 193 g/mol. The molecule has 0 bridgehead atoms. The van der Waals surface area contributed by atoms with Crippen molar-refractivity contribution in [2.75, 3.05) is 5.73 Å². The fraction of sp³-hybridized carbons (Fsp3) is 0.250. The van der Waals surface area contributed by atoms with Gasteiger partial charge in [0.05, 0.1) is 12.1 Å². The molecule has 0 heterocycles. The molecule has 2 N–H and O–H groups in total. The lowest BCUT2D eigenvalue weighted by molar-refractivity contribution is -0.127. The molecule has 0 aliphatic heterocycles. The summed E-state index contributed by atoms with van der Waals surface area (Å²) in [6, 6.07) is 3.58. The zero-order valence-corrected chi connectivity index (χ0v) is 6.53. The fourth-order valence-electron chi connectivity index (χ4n) is 0.952. The van der Waals surface area contributed by atoms with Crippen molar-refractivity contribution in [2.45, 2.75) is 12.6 Å². The Labute approximate surface area is 72.2 Å². The molecule has 0 amide bonds. The Kier molecular flexibility index (Phi) is 2.45. The number of alkyl halides is 3. The van der Waals surface area contributed by atoms with Crippen molar-refractivity contribution in [2.24, 2.45) is 0 Å². The largest absolute Gasteiger partial charge is 0.396 e. The van der Waals surface area contributed by atoms with Gasteiger partial charge in [-0.15, -0.1) is 0 Å². The van der Waals surface area contributed by atoms with Crippen molar-refractivity contribution >= 4 is 5.69 Å². The van der Waals surface area contributed by atoms with Gasteiger partial charge < -0.3 is 5.73 Å². The second-order valence-electron chi connectivity index (χ2n) is 2.61. The van der Waals surface area contributed by atoms with Crippen LogP contribution in [0.5, 0.6) is 0 Å². The minimum Gasteiger partial charge on any atom is -0.396 e. The molecule has 1 aromatic rings. The summed E-state index contributed by atoms with van der Waals surface area (Å²) < 4.78 is 48.4. The zero-order valence-electron chi connectivity index (χ0n) is 6.53. The van der Waals surface area contributed by atoms with Crippen molar-refractivity contribution in [3.05, 3.63) is 29.6 Å². The Morgan fingerprint density at radius 2 is 1.85 bits per heavy atom. The van der Waals surface area contributed by atoms with E-state index in [9.17, 15) is 17.6 Å². The highest BCUT2D eigenvalue weighted by Gasteiger charge is 2.29. The maximum absolute atomic E-state index is 12.9. The number of nitrogens with two attached hydrogens (primary N) is 1. The highest BCUT2D eigenvalue weighted by Crippen LogP contribution is 2.24. The molecule has 0 fully saturated rings. The highest BCUT2D eigenvalue weighted by molar-refractivity contribution is 5.43. The molecule has 5 heteroatoms. The van der Waals surface area contributed by atoms with Gasteiger partial charge in [0.15, 0.2) is 0 Å². The lowest BCUT2D eigenvalue weighted by Gasteiger charge is -2.07. The standard InChI is InChI=1S/C8H7F4N/c9-7-5(4-8(10,11)12)2-1-3-6(7)13/h1-3H,4,13H2. The van der Waals surface area contributed by atoms with Crippen molar-refractivity contribution in [1.82, 2.24) is 0 Å². The summed E-state index contributed by atoms with van der Waals surface area (Å²) in [5.74, 6) is -0.986. The van der Waals surface area contributed by atoms with Crippen LogP contribution < -0.4 is 5.73 Å². The van der Waals surface area contributed by atoms with E-state index >= 15 is 0 Å². The van der Waals surface area contributed by atoms with Gasteiger partial charge in [0.2, 0.25) is 0 Å². The molecule has 0 radical (unpaired) electrons. The van der Waals surface area contributed by atoms with Crippen LogP contribution >= 0.6 is 0 Å². The van der Waals surface area contributed by atoms with E-state index in [4.69, 9.17) is 5.73 Å². The Balaban J connectivity index is 2.96. The second kappa shape index (κ2) is 3.24. The molecule has 0 spiro atoms. The van der Waals surface area contributed by atoms with E-state index in [0.29, 0.717) is 0 Å². The summed E-state index contributed by atoms with van der Waals surface area (Å²) in [6.07, 6.45) is -5.70. The Hall–Kier alpha value is -1.26. The van der Waals surface area contributed by atoms with Crippen LogP contribution in [-0.2, 0) is 6.42 Å². The average molecular weight is 193 g/mol. The van der Waals surface area contributed by atoms with Crippen LogP contribution in [0.15, 0.2) is 18.2 Å². The lowest BCUT2D eigenvalue weighted by Crippen LogP contribution is -2.13. The van der Waals surface area contributed by atoms with Crippen LogP contribution in [0.25, 0.3) is 0 Å². The third kappa shape index (κ3) is 2.61. The van der Waals surface area contributed by atoms with Gasteiger partial charge in [-0.2, -0.15) is 13.2 Å². The molecule has 0 unspecified atom stereocenters. The normalized spacial score (nSPS) is 11.7. The van der Waals surface area contributed by atoms with Crippen LogP contribution in [0.4, 0.5) is 23.2 Å². The van der Waals surface area contributed by atoms with Crippen LogP contribution in [0, 0.1) is 5.82 Å². The predicted octanol–water partition coefficient (Wildman–Crippen LogP) is 2.51. The van der Waals surface area contributed by atoms with E-state index in [1.54, 1.807) is 0 Å². The van der Waals surface area contributed by atoms with Gasteiger partial charge >= 0.3 is 6.18 Å². The molecule has 0 saturated carbocycles. The molecule has 72 valence electrons. The summed E-state index contributed by atoms with van der Waals surface area (Å²) in [5.41, 5.74) is 4.41. The molecule has 0 saturated heterocycles. The van der Waals surface area contributed by atoms with Gasteiger partial charge in [0, 0.05) is 0 Å². The number of halogens is 4. The first kappa shape index (κ1) is 9.83. The molecule has 0 atom stereocenters. The summed E-state index contributed by atoms with van der Waals surface area (Å²) in [5, 5.41) is 0. The van der Waals surface area contributed by atoms with Crippen molar-refractivity contribution in [3.63, 3.8) is 0 Å². The van der Waals surface area contributed by atoms with Crippen LogP contribution in [0.3, 0.4) is 0 Å². The van der Waals surface area contributed by atoms with Crippen LogP contribution in [0.1, 0.15) is 5.56 Å². The van der Waals surface area contributed by atoms with Gasteiger partial charge in [-0.05, 0) is 11.6 Å². The van der Waals surface area contributed by atoms with Gasteiger partial charge in [-0.1, -0.05) is 12.1 Å². The summed E-state index contributed by atoms with van der Waals surface area (Å²) >= 11 is 0. The number of anilines is 1. The third-order valence-corrected chi connectivity index (χ3v) is 1.50. The molecule has 0 aliphatic carbocycles. The van der Waals surface area contributed by atoms with Crippen molar-refractivity contribution in [3.8, 4) is 0 Å². The minimum atomic E-state index is -4.41. The summed E-state index contributed by atoms with van der Waals surface area (Å²) in [4.78, 5) is 0. The first-order valence-corrected chi connectivity index (χ1v) is 3.50. The Morgan fingerprint density at radius 3 is 2.38 bits per heavy atom. The summed E-state index contributed by atoms with van der Waals surface area (Å²) in [6.45, 7) is 0. The van der Waals surface area contributed by atoms with E-state index < -0.39 is 24.0 Å². The highest BCUT2D eigenvalue weighted by atomic mass is 19.4. The van der Waals surface area contributed by atoms with Crippen LogP contribution in [-0.4, -0.2) is 6.18 Å². The molecule has 1 nitrogen and oxygen atoms in total. The van der Waals surface area contributed by atoms with Gasteiger partial charge in [0.25, 0.3) is 0 Å². The molecule has 0 aliphatic rings. The number of hydrogen-bond acceptors (Lipinski definition) is 1. The molecular formula is C8H7F4N. The number of hydrogen-bond donors (Lipinski definition) is 1. The Bertz CT molecular complexity index is 306. The fourth-order valence-corrected chi connectivity index (χ4v) is 0.952. The molecular weight excluding hydrogens is 186 g/mol. The predicted molar refractivity (Wildman–Crippen MR) is 40.6 cm³/mol. The first-order chi connectivity index (χ1) is 5.90. The molecule has 0 aromatic heterocycles. The Morgan fingerprint density at radius 1 is 1.23 bits per heavy atom. The lowest BCUT2D eigenvalue weighted by atomic mass is 10.1. The zero-order chi connectivity index (χ0) is 10.1. The maximum atomic E-state index is 12.9. The van der Waals surface area contributed by atoms with E-state index in [2.05, 4.69) is 0 Å². The maximum Gasteiger partial charge on any atom is 0.393 e. The quantitative estimate of drug-likeness (QED) is 0.538. The van der Waals surface area contributed by atoms with E-state index in [-0.39, 0.29) is 5.69 Å². The van der Waals surface area contributed by atoms with Crippen molar-refractivity contribution < 1.29 is 17.6 Å². The van der Waals surface area contributed by atoms with E-state index in [1.807, 2.05) is 0 Å². The van der Waals surface area contributed by atoms with Gasteiger partial charge in [0.1, 0.15) is 5.82 Å². The molecule has 1 aromatic carbocycles. The van der Waals surface area contributed by atoms with E-state index in [0.717, 1.165) is 6.07 Å². The smallest absolute Gasteiger partial charge is 0.393 e. The van der Waals surface area contributed by atoms with Crippen molar-refractivity contribution in [1.29, 1.82) is 0 Å². The second-order valence-corrected chi connectivity index (χ2v) is 2.61. The topological polar surface area (TPSA) is 26.0 Å². The molecule has 1 rings (SSSR count). The third-order valence-electron chi connectivity index (χ3n) is 1.50. The number of benzene rings is 1. The van der Waals surface area contributed by atoms with Crippen LogP contribution in [0.2, 0.25) is 0 Å². The number of nitrogen functional groups attached to an aromatic ring is 1. The minimum absolute atomic E-state index is 0.262. The van der Waals surface area contributed by atoms with E-state index in [1.165, 1.54) is 12.1 Å². The summed E-state index contributed by atoms with van der Waals surface area (Å²) in [7, 11) is 0. The van der Waals surface area contributed by atoms with Gasteiger partial charge in [-0.3, -0.25) is 0 Å². The SMILES string of the molecule is Nc1cccc(CC(F)(F)F)c1F. The molecule has 13 heavy (non-hydrogen) atoms. The first-order valence-electron chi connectivity index (χ1n) is 3.50. The number of rotatable bonds is 1. The average Bonchev–Trinajstić information content (AvgIpc) is 1.96. The van der Waals surface area contributed by atoms with Gasteiger partial charge in [-0.25, -0.2) is 4.39 Å².